The Labute approximate surface area is 113 Å². The summed E-state index contributed by atoms with van der Waals surface area (Å²) in [5, 5.41) is 11.8. The van der Waals surface area contributed by atoms with Crippen LogP contribution in [0, 0.1) is 0 Å². The van der Waals surface area contributed by atoms with Gasteiger partial charge in [0.05, 0.1) is 0 Å². The van der Waals surface area contributed by atoms with Gasteiger partial charge in [0.2, 0.25) is 0 Å². The second-order valence-electron chi connectivity index (χ2n) is 3.91. The molecule has 2 N–H and O–H groups in total. The number of alkyl halides is 2. The first-order valence-corrected chi connectivity index (χ1v) is 5.70. The van der Waals surface area contributed by atoms with Crippen molar-refractivity contribution in [2.75, 3.05) is 5.32 Å². The van der Waals surface area contributed by atoms with Gasteiger partial charge >= 0.3 is 6.61 Å². The zero-order chi connectivity index (χ0) is 14.5. The molecule has 0 atom stereocenters. The molecule has 0 unspecified atom stereocenters. The van der Waals surface area contributed by atoms with Crippen LogP contribution in [0.2, 0.25) is 0 Å². The van der Waals surface area contributed by atoms with Crippen molar-refractivity contribution in [3.05, 3.63) is 54.1 Å². The van der Waals surface area contributed by atoms with Gasteiger partial charge in [0.1, 0.15) is 11.5 Å². The monoisotopic (exact) mass is 279 g/mol. The van der Waals surface area contributed by atoms with Crippen molar-refractivity contribution in [2.45, 2.75) is 6.61 Å². The van der Waals surface area contributed by atoms with E-state index in [1.807, 2.05) is 0 Å². The first kappa shape index (κ1) is 13.8. The molecule has 0 spiro atoms. The van der Waals surface area contributed by atoms with Crippen LogP contribution in [0.25, 0.3) is 0 Å². The maximum Gasteiger partial charge on any atom is 0.387 e. The number of phenols is 1. The van der Waals surface area contributed by atoms with E-state index in [-0.39, 0.29) is 17.1 Å². The summed E-state index contributed by atoms with van der Waals surface area (Å²) in [6.07, 6.45) is 0. The minimum Gasteiger partial charge on any atom is -0.508 e. The zero-order valence-electron chi connectivity index (χ0n) is 10.2. The summed E-state index contributed by atoms with van der Waals surface area (Å²) in [7, 11) is 0. The zero-order valence-corrected chi connectivity index (χ0v) is 10.2. The second-order valence-corrected chi connectivity index (χ2v) is 3.91. The number of halogens is 2. The molecule has 0 aliphatic rings. The van der Waals surface area contributed by atoms with E-state index in [1.165, 1.54) is 36.4 Å². The minimum absolute atomic E-state index is 0.0117. The molecule has 0 fully saturated rings. The van der Waals surface area contributed by atoms with Crippen molar-refractivity contribution in [1.82, 2.24) is 0 Å². The fourth-order valence-electron chi connectivity index (χ4n) is 1.60. The summed E-state index contributed by atoms with van der Waals surface area (Å²) in [5.41, 5.74) is 0.571. The number of ether oxygens (including phenoxy) is 1. The molecule has 0 aromatic heterocycles. The normalized spacial score (nSPS) is 10.3. The maximum atomic E-state index is 12.1. The van der Waals surface area contributed by atoms with Crippen molar-refractivity contribution in [2.24, 2.45) is 0 Å². The molecule has 0 bridgehead atoms. The van der Waals surface area contributed by atoms with Crippen molar-refractivity contribution < 1.29 is 23.4 Å². The molecular weight excluding hydrogens is 268 g/mol. The first-order valence-electron chi connectivity index (χ1n) is 5.70. The molecule has 104 valence electrons. The highest BCUT2D eigenvalue weighted by Gasteiger charge is 2.10. The lowest BCUT2D eigenvalue weighted by Crippen LogP contribution is -2.12. The molecule has 2 aromatic rings. The van der Waals surface area contributed by atoms with E-state index in [4.69, 9.17) is 0 Å². The van der Waals surface area contributed by atoms with E-state index in [9.17, 15) is 18.7 Å². The average Bonchev–Trinajstić information content (AvgIpc) is 2.38. The molecule has 0 radical (unpaired) electrons. The number of benzene rings is 2. The Morgan fingerprint density at radius 3 is 2.60 bits per heavy atom. The molecule has 2 rings (SSSR count). The van der Waals surface area contributed by atoms with Gasteiger partial charge in [-0.05, 0) is 30.3 Å². The molecule has 4 nitrogen and oxygen atoms in total. The number of carbonyl (C=O) groups is 1. The molecule has 0 saturated carbocycles. The molecule has 6 heteroatoms. The highest BCUT2D eigenvalue weighted by atomic mass is 19.3. The number of rotatable bonds is 4. The number of amides is 1. The number of carbonyl (C=O) groups excluding carboxylic acids is 1. The van der Waals surface area contributed by atoms with Gasteiger partial charge in [0.25, 0.3) is 5.91 Å². The van der Waals surface area contributed by atoms with Gasteiger partial charge in [-0.1, -0.05) is 12.1 Å². The molecule has 20 heavy (non-hydrogen) atoms. The molecule has 0 aliphatic heterocycles. The fourth-order valence-corrected chi connectivity index (χ4v) is 1.60. The van der Waals surface area contributed by atoms with E-state index < -0.39 is 12.5 Å². The van der Waals surface area contributed by atoms with Gasteiger partial charge in [0.15, 0.2) is 0 Å². The van der Waals surface area contributed by atoms with Gasteiger partial charge < -0.3 is 15.2 Å². The van der Waals surface area contributed by atoms with Crippen LogP contribution in [0.1, 0.15) is 10.4 Å². The third-order valence-corrected chi connectivity index (χ3v) is 2.43. The topological polar surface area (TPSA) is 58.6 Å². The lowest BCUT2D eigenvalue weighted by molar-refractivity contribution is -0.0498. The summed E-state index contributed by atoms with van der Waals surface area (Å²) in [4.78, 5) is 11.9. The van der Waals surface area contributed by atoms with Crippen LogP contribution in [0.15, 0.2) is 48.5 Å². The number of nitrogens with one attached hydrogen (secondary N) is 1. The van der Waals surface area contributed by atoms with E-state index >= 15 is 0 Å². The molecule has 0 saturated heterocycles. The number of hydrogen-bond donors (Lipinski definition) is 2. The van der Waals surface area contributed by atoms with E-state index in [0.717, 1.165) is 0 Å². The van der Waals surface area contributed by atoms with Gasteiger partial charge in [-0.15, -0.1) is 0 Å². The summed E-state index contributed by atoms with van der Waals surface area (Å²) >= 11 is 0. The van der Waals surface area contributed by atoms with Crippen molar-refractivity contribution in [1.29, 1.82) is 0 Å². The third kappa shape index (κ3) is 3.68. The number of aromatic hydroxyl groups is 1. The largest absolute Gasteiger partial charge is 0.508 e. The molecule has 1 amide bonds. The molecular formula is C14H11F2NO3. The van der Waals surface area contributed by atoms with Gasteiger partial charge in [-0.2, -0.15) is 8.78 Å². The smallest absolute Gasteiger partial charge is 0.387 e. The Bertz CT molecular complexity index is 617. The standard InChI is InChI=1S/C14H11F2NO3/c15-14(16)20-12-6-1-3-9(7-12)13(19)17-10-4-2-5-11(18)8-10/h1-8,14,18H,(H,17,19). The van der Waals surface area contributed by atoms with E-state index in [0.29, 0.717) is 5.69 Å². The van der Waals surface area contributed by atoms with Crippen molar-refractivity contribution in [3.8, 4) is 11.5 Å². The van der Waals surface area contributed by atoms with Crippen molar-refractivity contribution >= 4 is 11.6 Å². The van der Waals surface area contributed by atoms with Crippen LogP contribution >= 0.6 is 0 Å². The SMILES string of the molecule is O=C(Nc1cccc(O)c1)c1cccc(OC(F)F)c1. The number of phenolic OH excluding ortho intramolecular Hbond substituents is 1. The second kappa shape index (κ2) is 6.01. The third-order valence-electron chi connectivity index (χ3n) is 2.43. The highest BCUT2D eigenvalue weighted by molar-refractivity contribution is 6.04. The highest BCUT2D eigenvalue weighted by Crippen LogP contribution is 2.19. The van der Waals surface area contributed by atoms with Gasteiger partial charge in [0, 0.05) is 17.3 Å². The van der Waals surface area contributed by atoms with E-state index in [1.54, 1.807) is 12.1 Å². The predicted octanol–water partition coefficient (Wildman–Crippen LogP) is 3.25. The maximum absolute atomic E-state index is 12.1. The first-order chi connectivity index (χ1) is 9.54. The molecule has 2 aromatic carbocycles. The number of hydrogen-bond acceptors (Lipinski definition) is 3. The van der Waals surface area contributed by atoms with Crippen molar-refractivity contribution in [3.63, 3.8) is 0 Å². The van der Waals surface area contributed by atoms with Crippen LogP contribution in [-0.4, -0.2) is 17.6 Å². The quantitative estimate of drug-likeness (QED) is 0.903. The van der Waals surface area contributed by atoms with Gasteiger partial charge in [-0.25, -0.2) is 0 Å². The minimum atomic E-state index is -2.95. The Hall–Kier alpha value is -2.63. The molecule has 0 heterocycles. The Morgan fingerprint density at radius 1 is 1.15 bits per heavy atom. The average molecular weight is 279 g/mol. The van der Waals surface area contributed by atoms with E-state index in [2.05, 4.69) is 10.1 Å². The van der Waals surface area contributed by atoms with Crippen LogP contribution in [0.5, 0.6) is 11.5 Å². The van der Waals surface area contributed by atoms with Gasteiger partial charge in [-0.3, -0.25) is 4.79 Å². The predicted molar refractivity (Wildman–Crippen MR) is 69.1 cm³/mol. The van der Waals surface area contributed by atoms with Crippen LogP contribution in [0.3, 0.4) is 0 Å². The van der Waals surface area contributed by atoms with Crippen LogP contribution in [0.4, 0.5) is 14.5 Å². The Balaban J connectivity index is 2.13. The lowest BCUT2D eigenvalue weighted by atomic mass is 10.2. The summed E-state index contributed by atoms with van der Waals surface area (Å²) < 4.78 is 28.4. The summed E-state index contributed by atoms with van der Waals surface area (Å²) in [6, 6.07) is 11.5. The lowest BCUT2D eigenvalue weighted by Gasteiger charge is -2.08. The Kier molecular flexibility index (Phi) is 4.14. The number of anilines is 1. The summed E-state index contributed by atoms with van der Waals surface area (Å²) in [6.45, 7) is -2.95. The fraction of sp³-hybridized carbons (Fsp3) is 0.0714. The molecule has 0 aliphatic carbocycles. The van der Waals surface area contributed by atoms with Crippen LogP contribution in [-0.2, 0) is 0 Å². The Morgan fingerprint density at radius 2 is 1.90 bits per heavy atom. The summed E-state index contributed by atoms with van der Waals surface area (Å²) in [5.74, 6) is -0.573. The van der Waals surface area contributed by atoms with Crippen LogP contribution < -0.4 is 10.1 Å².